The molecule has 0 spiro atoms. The van der Waals surface area contributed by atoms with Crippen LogP contribution in [0.2, 0.25) is 0 Å². The molecule has 1 heterocycles. The van der Waals surface area contributed by atoms with Gasteiger partial charge in [0, 0.05) is 6.20 Å². The van der Waals surface area contributed by atoms with Gasteiger partial charge in [-0.25, -0.2) is 14.2 Å². The molecular formula is C15H14FN3O. The number of anilines is 1. The van der Waals surface area contributed by atoms with E-state index in [1.54, 1.807) is 36.5 Å². The van der Waals surface area contributed by atoms with Crippen LogP contribution in [0.25, 0.3) is 0 Å². The Morgan fingerprint density at radius 3 is 2.50 bits per heavy atom. The molecule has 1 saturated carbocycles. The van der Waals surface area contributed by atoms with E-state index in [2.05, 4.69) is 15.6 Å². The molecule has 0 bridgehead atoms. The number of aromatic nitrogens is 1. The zero-order valence-electron chi connectivity index (χ0n) is 10.8. The van der Waals surface area contributed by atoms with Crippen LogP contribution in [0.15, 0.2) is 48.7 Å². The number of carbonyl (C=O) groups is 1. The fourth-order valence-electron chi connectivity index (χ4n) is 2.18. The average molecular weight is 271 g/mol. The first-order chi connectivity index (χ1) is 9.68. The number of hydrogen-bond donors (Lipinski definition) is 2. The van der Waals surface area contributed by atoms with E-state index in [4.69, 9.17) is 0 Å². The van der Waals surface area contributed by atoms with Crippen LogP contribution in [-0.4, -0.2) is 11.0 Å². The molecule has 4 nitrogen and oxygen atoms in total. The van der Waals surface area contributed by atoms with Crippen LogP contribution in [0.4, 0.5) is 15.0 Å². The smallest absolute Gasteiger partial charge is 0.321 e. The van der Waals surface area contributed by atoms with Crippen molar-refractivity contribution in [1.29, 1.82) is 0 Å². The number of amides is 2. The van der Waals surface area contributed by atoms with Gasteiger partial charge >= 0.3 is 6.03 Å². The number of pyridine rings is 1. The van der Waals surface area contributed by atoms with Crippen molar-refractivity contribution in [1.82, 2.24) is 10.3 Å². The van der Waals surface area contributed by atoms with Gasteiger partial charge in [-0.3, -0.25) is 5.32 Å². The van der Waals surface area contributed by atoms with E-state index in [0.29, 0.717) is 5.82 Å². The summed E-state index contributed by atoms with van der Waals surface area (Å²) in [5.74, 6) is 0.224. The van der Waals surface area contributed by atoms with Gasteiger partial charge in [0.25, 0.3) is 0 Å². The van der Waals surface area contributed by atoms with Crippen molar-refractivity contribution in [2.24, 2.45) is 0 Å². The number of carbonyl (C=O) groups excluding carboxylic acids is 1. The number of urea groups is 1. The first kappa shape index (κ1) is 12.6. The Balaban J connectivity index is 1.68. The predicted octanol–water partition coefficient (Wildman–Crippen LogP) is 3.03. The summed E-state index contributed by atoms with van der Waals surface area (Å²) >= 11 is 0. The third kappa shape index (κ3) is 2.61. The summed E-state index contributed by atoms with van der Waals surface area (Å²) in [7, 11) is 0. The summed E-state index contributed by atoms with van der Waals surface area (Å²) in [5, 5.41) is 5.62. The Morgan fingerprint density at radius 2 is 1.90 bits per heavy atom. The highest BCUT2D eigenvalue weighted by Crippen LogP contribution is 2.45. The van der Waals surface area contributed by atoms with Gasteiger partial charge in [-0.05, 0) is 42.7 Å². The van der Waals surface area contributed by atoms with Crippen LogP contribution >= 0.6 is 0 Å². The van der Waals surface area contributed by atoms with Crippen molar-refractivity contribution < 1.29 is 9.18 Å². The molecule has 2 amide bonds. The Morgan fingerprint density at radius 1 is 1.15 bits per heavy atom. The van der Waals surface area contributed by atoms with E-state index in [0.717, 1.165) is 18.4 Å². The highest BCUT2D eigenvalue weighted by Gasteiger charge is 2.45. The second-order valence-electron chi connectivity index (χ2n) is 4.88. The quantitative estimate of drug-likeness (QED) is 0.901. The van der Waals surface area contributed by atoms with Crippen LogP contribution < -0.4 is 10.6 Å². The summed E-state index contributed by atoms with van der Waals surface area (Å²) < 4.78 is 12.9. The summed E-state index contributed by atoms with van der Waals surface area (Å²) in [5.41, 5.74) is 0.558. The fourth-order valence-corrected chi connectivity index (χ4v) is 2.18. The maximum absolute atomic E-state index is 12.9. The van der Waals surface area contributed by atoms with Crippen molar-refractivity contribution in [3.8, 4) is 0 Å². The maximum atomic E-state index is 12.9. The summed E-state index contributed by atoms with van der Waals surface area (Å²) in [6.07, 6.45) is 3.32. The number of hydrogen-bond acceptors (Lipinski definition) is 2. The highest BCUT2D eigenvalue weighted by atomic mass is 19.1. The molecule has 1 aromatic heterocycles. The minimum atomic E-state index is -0.368. The second kappa shape index (κ2) is 4.92. The lowest BCUT2D eigenvalue weighted by atomic mass is 10.1. The third-order valence-corrected chi connectivity index (χ3v) is 3.41. The van der Waals surface area contributed by atoms with Crippen molar-refractivity contribution in [3.63, 3.8) is 0 Å². The molecule has 0 unspecified atom stereocenters. The molecule has 1 aromatic carbocycles. The largest absolute Gasteiger partial charge is 0.328 e. The molecule has 5 heteroatoms. The van der Waals surface area contributed by atoms with Gasteiger partial charge in [-0.2, -0.15) is 0 Å². The van der Waals surface area contributed by atoms with E-state index in [1.165, 1.54) is 12.1 Å². The molecule has 0 saturated heterocycles. The van der Waals surface area contributed by atoms with Gasteiger partial charge in [-0.15, -0.1) is 0 Å². The molecule has 0 atom stereocenters. The molecule has 1 aliphatic carbocycles. The first-order valence-corrected chi connectivity index (χ1v) is 6.44. The number of benzene rings is 1. The number of rotatable bonds is 3. The van der Waals surface area contributed by atoms with Crippen molar-refractivity contribution in [2.75, 3.05) is 5.32 Å². The normalized spacial score (nSPS) is 15.4. The molecule has 3 rings (SSSR count). The lowest BCUT2D eigenvalue weighted by molar-refractivity contribution is 0.247. The van der Waals surface area contributed by atoms with E-state index in [-0.39, 0.29) is 17.4 Å². The van der Waals surface area contributed by atoms with Gasteiger partial charge in [0.05, 0.1) is 5.54 Å². The van der Waals surface area contributed by atoms with Crippen molar-refractivity contribution >= 4 is 11.8 Å². The van der Waals surface area contributed by atoms with Crippen LogP contribution in [0.1, 0.15) is 18.4 Å². The Hall–Kier alpha value is -2.43. The van der Waals surface area contributed by atoms with Crippen molar-refractivity contribution in [2.45, 2.75) is 18.4 Å². The first-order valence-electron chi connectivity index (χ1n) is 6.44. The van der Waals surface area contributed by atoms with Crippen LogP contribution in [-0.2, 0) is 5.54 Å². The number of halogens is 1. The topological polar surface area (TPSA) is 54.0 Å². The molecule has 1 aliphatic rings. The van der Waals surface area contributed by atoms with Gasteiger partial charge < -0.3 is 5.32 Å². The standard InChI is InChI=1S/C15H14FN3O/c16-12-6-4-11(5-7-12)15(8-9-15)19-14(20)18-13-3-1-2-10-17-13/h1-7,10H,8-9H2,(H2,17,18,19,20). The average Bonchev–Trinajstić information content (AvgIpc) is 3.21. The second-order valence-corrected chi connectivity index (χ2v) is 4.88. The van der Waals surface area contributed by atoms with E-state index in [1.807, 2.05) is 0 Å². The maximum Gasteiger partial charge on any atom is 0.321 e. The molecule has 2 N–H and O–H groups in total. The van der Waals surface area contributed by atoms with E-state index in [9.17, 15) is 9.18 Å². The van der Waals surface area contributed by atoms with Crippen LogP contribution in [0.3, 0.4) is 0 Å². The number of nitrogens with one attached hydrogen (secondary N) is 2. The summed E-state index contributed by atoms with van der Waals surface area (Å²) in [6.45, 7) is 0. The molecule has 2 aromatic rings. The Labute approximate surface area is 116 Å². The Bertz CT molecular complexity index is 609. The fraction of sp³-hybridized carbons (Fsp3) is 0.200. The minimum absolute atomic E-state index is 0.275. The van der Waals surface area contributed by atoms with Crippen LogP contribution in [0, 0.1) is 5.82 Å². The molecule has 0 aliphatic heterocycles. The summed E-state index contributed by atoms with van der Waals surface area (Å²) in [6, 6.07) is 11.2. The van der Waals surface area contributed by atoms with Gasteiger partial charge in [0.15, 0.2) is 0 Å². The van der Waals surface area contributed by atoms with Gasteiger partial charge in [0.1, 0.15) is 11.6 Å². The van der Waals surface area contributed by atoms with Crippen LogP contribution in [0.5, 0.6) is 0 Å². The molecular weight excluding hydrogens is 257 g/mol. The molecule has 102 valence electrons. The monoisotopic (exact) mass is 271 g/mol. The third-order valence-electron chi connectivity index (χ3n) is 3.41. The van der Waals surface area contributed by atoms with E-state index < -0.39 is 0 Å². The SMILES string of the molecule is O=C(Nc1ccccn1)NC1(c2ccc(F)cc2)CC1. The Kier molecular flexibility index (Phi) is 3.10. The molecule has 20 heavy (non-hydrogen) atoms. The lowest BCUT2D eigenvalue weighted by Crippen LogP contribution is -2.38. The molecule has 1 fully saturated rings. The zero-order valence-corrected chi connectivity index (χ0v) is 10.8. The van der Waals surface area contributed by atoms with E-state index >= 15 is 0 Å². The van der Waals surface area contributed by atoms with Crippen molar-refractivity contribution in [3.05, 3.63) is 60.0 Å². The zero-order chi connectivity index (χ0) is 14.0. The number of nitrogens with zero attached hydrogens (tertiary/aromatic N) is 1. The van der Waals surface area contributed by atoms with Gasteiger partial charge in [-0.1, -0.05) is 18.2 Å². The highest BCUT2D eigenvalue weighted by molar-refractivity contribution is 5.89. The lowest BCUT2D eigenvalue weighted by Gasteiger charge is -2.18. The minimum Gasteiger partial charge on any atom is -0.328 e. The van der Waals surface area contributed by atoms with Gasteiger partial charge in [0.2, 0.25) is 0 Å². The summed E-state index contributed by atoms with van der Waals surface area (Å²) in [4.78, 5) is 16.0. The predicted molar refractivity (Wildman–Crippen MR) is 73.7 cm³/mol. The molecule has 0 radical (unpaired) electrons.